The predicted octanol–water partition coefficient (Wildman–Crippen LogP) is 11.7. The minimum absolute atomic E-state index is 0. The third-order valence-electron chi connectivity index (χ3n) is 9.58. The van der Waals surface area contributed by atoms with Gasteiger partial charge in [-0.1, -0.05) is 92.8 Å². The van der Waals surface area contributed by atoms with Crippen molar-refractivity contribution in [2.45, 2.75) is 74.5 Å². The molecular formula is C47H48IrN4OSi-2. The van der Waals surface area contributed by atoms with Gasteiger partial charge in [0, 0.05) is 43.1 Å². The van der Waals surface area contributed by atoms with Crippen LogP contribution in [0.25, 0.3) is 61.4 Å². The molecule has 0 saturated carbocycles. The first-order valence-corrected chi connectivity index (χ1v) is 21.9. The van der Waals surface area contributed by atoms with Gasteiger partial charge in [0.15, 0.2) is 0 Å². The topological polar surface area (TPSA) is 56.7 Å². The molecule has 0 aliphatic heterocycles. The molecule has 8 aromatic rings. The van der Waals surface area contributed by atoms with Crippen LogP contribution >= 0.6 is 0 Å². The molecule has 0 amide bonds. The number of pyridine rings is 2. The zero-order chi connectivity index (χ0) is 37.7. The van der Waals surface area contributed by atoms with Crippen LogP contribution in [0.2, 0.25) is 19.6 Å². The van der Waals surface area contributed by atoms with Gasteiger partial charge in [-0.25, -0.2) is 4.98 Å². The van der Waals surface area contributed by atoms with Gasteiger partial charge in [0.1, 0.15) is 0 Å². The van der Waals surface area contributed by atoms with E-state index in [-0.39, 0.29) is 25.5 Å². The van der Waals surface area contributed by atoms with E-state index in [0.29, 0.717) is 5.71 Å². The number of benzene rings is 4. The molecule has 0 saturated heterocycles. The van der Waals surface area contributed by atoms with Gasteiger partial charge >= 0.3 is 0 Å². The van der Waals surface area contributed by atoms with Crippen molar-refractivity contribution < 1.29 is 24.5 Å². The van der Waals surface area contributed by atoms with E-state index < -0.39 is 8.07 Å². The van der Waals surface area contributed by atoms with Crippen molar-refractivity contribution in [2.75, 3.05) is 0 Å². The molecule has 0 unspecified atom stereocenters. The van der Waals surface area contributed by atoms with Crippen LogP contribution in [0.4, 0.5) is 0 Å². The average Bonchev–Trinajstić information content (AvgIpc) is 3.65. The van der Waals surface area contributed by atoms with Crippen molar-refractivity contribution >= 4 is 46.4 Å². The normalized spacial score (nSPS) is 11.8. The van der Waals surface area contributed by atoms with Crippen LogP contribution < -0.4 is 5.19 Å². The van der Waals surface area contributed by atoms with E-state index in [1.54, 1.807) is 0 Å². The summed E-state index contributed by atoms with van der Waals surface area (Å²) in [5.74, 6) is 0.822. The molecule has 4 heterocycles. The van der Waals surface area contributed by atoms with Gasteiger partial charge in [0.05, 0.1) is 30.5 Å². The first-order chi connectivity index (χ1) is 25.2. The predicted molar refractivity (Wildman–Crippen MR) is 224 cm³/mol. The summed E-state index contributed by atoms with van der Waals surface area (Å²) < 4.78 is 8.54. The summed E-state index contributed by atoms with van der Waals surface area (Å²) in [6, 6.07) is 37.8. The van der Waals surface area contributed by atoms with Gasteiger partial charge < -0.3 is 14.0 Å². The summed E-state index contributed by atoms with van der Waals surface area (Å²) >= 11 is 0. The first kappa shape index (κ1) is 39.0. The number of hydrogen-bond donors (Lipinski definition) is 0. The standard InChI is InChI=1S/C28H22N3O.C19H26NSi.Ir/c1-16-14-17(2)25(18(3)15-16)31-24-11-6-5-10-23(24)30-27(31)22-9-7-8-20-21-13-12-19(4)29-28(21)32-26(20)22;1-19(2,3)13-16-12-17(15-10-8-7-9-11-15)20-14-18(16)21(4,5)6;/h5-8,10-15H,1-4H3;7-10,12,14H,13H2,1-6H3;/q2*-1;. The number of furan rings is 1. The summed E-state index contributed by atoms with van der Waals surface area (Å²) in [5.41, 5.74) is 13.9. The van der Waals surface area contributed by atoms with Crippen molar-refractivity contribution in [3.05, 3.63) is 137 Å². The molecule has 0 atom stereocenters. The fraction of sp³-hybridized carbons (Fsp3) is 0.255. The molecule has 0 bridgehead atoms. The zero-order valence-electron chi connectivity index (χ0n) is 33.0. The van der Waals surface area contributed by atoms with Gasteiger partial charge in [0.25, 0.3) is 0 Å². The fourth-order valence-corrected chi connectivity index (χ4v) is 8.99. The Labute approximate surface area is 334 Å². The molecule has 0 N–H and O–H groups in total. The van der Waals surface area contributed by atoms with Crippen molar-refractivity contribution in [1.29, 1.82) is 0 Å². The number of imidazole rings is 1. The molecular weight excluding hydrogens is 857 g/mol. The number of aromatic nitrogens is 4. The maximum atomic E-state index is 6.29. The van der Waals surface area contributed by atoms with Gasteiger partial charge in [0.2, 0.25) is 5.71 Å². The monoisotopic (exact) mass is 905 g/mol. The van der Waals surface area contributed by atoms with E-state index >= 15 is 0 Å². The Morgan fingerprint density at radius 2 is 1.50 bits per heavy atom. The van der Waals surface area contributed by atoms with Gasteiger partial charge in [-0.2, -0.15) is 0 Å². The second kappa shape index (κ2) is 15.2. The minimum Gasteiger partial charge on any atom is -0.486 e. The molecule has 4 aromatic carbocycles. The largest absolute Gasteiger partial charge is 0.486 e. The van der Waals surface area contributed by atoms with Crippen LogP contribution in [0.5, 0.6) is 0 Å². The van der Waals surface area contributed by atoms with Crippen molar-refractivity contribution in [3.63, 3.8) is 0 Å². The second-order valence-corrected chi connectivity index (χ2v) is 21.5. The van der Waals surface area contributed by atoms with E-state index in [1.807, 2.05) is 49.4 Å². The SMILES string of the molecule is CC(C)(C)Cc1cc(-c2[c-]cccc2)ncc1[Si](C)(C)C.Cc1cc(C)c(-n2c(-c3[c-]ccc4c3oc3nc(C)ccc34)nc3ccccc32)c(C)c1.[Ir]. The number of aryl methyl sites for hydroxylation is 4. The van der Waals surface area contributed by atoms with Crippen LogP contribution in [0.15, 0.2) is 102 Å². The van der Waals surface area contributed by atoms with E-state index in [1.165, 1.54) is 27.4 Å². The Bertz CT molecular complexity index is 2590. The average molecular weight is 905 g/mol. The molecule has 0 spiro atoms. The van der Waals surface area contributed by atoms with Crippen molar-refractivity contribution in [2.24, 2.45) is 5.41 Å². The Balaban J connectivity index is 0.000000198. The fourth-order valence-electron chi connectivity index (χ4n) is 7.42. The Hall–Kier alpha value is -4.68. The summed E-state index contributed by atoms with van der Waals surface area (Å²) in [5, 5.41) is 3.51. The smallest absolute Gasteiger partial charge is 0.216 e. The van der Waals surface area contributed by atoms with E-state index in [0.717, 1.165) is 67.8 Å². The van der Waals surface area contributed by atoms with Crippen molar-refractivity contribution in [3.8, 4) is 28.3 Å². The molecule has 1 radical (unpaired) electrons. The van der Waals surface area contributed by atoms with Crippen LogP contribution in [0.1, 0.15) is 48.7 Å². The molecule has 0 aliphatic carbocycles. The number of rotatable bonds is 5. The molecule has 4 aromatic heterocycles. The third-order valence-corrected chi connectivity index (χ3v) is 11.7. The van der Waals surface area contributed by atoms with E-state index in [2.05, 4.69) is 138 Å². The van der Waals surface area contributed by atoms with Crippen LogP contribution in [-0.4, -0.2) is 27.6 Å². The summed E-state index contributed by atoms with van der Waals surface area (Å²) in [6.07, 6.45) is 3.21. The Morgan fingerprint density at radius 3 is 2.19 bits per heavy atom. The molecule has 7 heteroatoms. The van der Waals surface area contributed by atoms with Gasteiger partial charge in [-0.05, 0) is 85.8 Å². The third kappa shape index (κ3) is 7.90. The van der Waals surface area contributed by atoms with E-state index in [9.17, 15) is 0 Å². The minimum atomic E-state index is -1.37. The van der Waals surface area contributed by atoms with Crippen LogP contribution in [0.3, 0.4) is 0 Å². The molecule has 8 rings (SSSR count). The molecule has 0 aliphatic rings. The summed E-state index contributed by atoms with van der Waals surface area (Å²) in [4.78, 5) is 14.4. The molecule has 54 heavy (non-hydrogen) atoms. The number of hydrogen-bond acceptors (Lipinski definition) is 4. The van der Waals surface area contributed by atoms with Gasteiger partial charge in [-0.15, -0.1) is 54.1 Å². The Morgan fingerprint density at radius 1 is 0.778 bits per heavy atom. The molecule has 0 fully saturated rings. The quantitative estimate of drug-likeness (QED) is 0.128. The summed E-state index contributed by atoms with van der Waals surface area (Å²) in [6.45, 7) is 22.5. The van der Waals surface area contributed by atoms with Crippen molar-refractivity contribution in [1.82, 2.24) is 19.5 Å². The number of fused-ring (bicyclic) bond motifs is 4. The number of para-hydroxylation sites is 2. The molecule has 5 nitrogen and oxygen atoms in total. The van der Waals surface area contributed by atoms with Crippen LogP contribution in [0, 0.1) is 45.2 Å². The van der Waals surface area contributed by atoms with Gasteiger partial charge in [-0.3, -0.25) is 4.98 Å². The summed E-state index contributed by atoms with van der Waals surface area (Å²) in [7, 11) is -1.37. The molecule has 277 valence electrons. The second-order valence-electron chi connectivity index (χ2n) is 16.5. The number of nitrogens with zero attached hydrogens (tertiary/aromatic N) is 4. The van der Waals surface area contributed by atoms with Crippen LogP contribution in [-0.2, 0) is 26.5 Å². The Kier molecular flexibility index (Phi) is 11.0. The van der Waals surface area contributed by atoms with E-state index in [4.69, 9.17) is 14.4 Å². The maximum Gasteiger partial charge on any atom is 0.216 e. The zero-order valence-corrected chi connectivity index (χ0v) is 36.4. The first-order valence-electron chi connectivity index (χ1n) is 18.4. The maximum absolute atomic E-state index is 6.29.